The molecule has 0 bridgehead atoms. The maximum atomic E-state index is 14.2. The molecule has 29 heavy (non-hydrogen) atoms. The second-order valence-electron chi connectivity index (χ2n) is 5.77. The van der Waals surface area contributed by atoms with Gasteiger partial charge in [0.25, 0.3) is 0 Å². The van der Waals surface area contributed by atoms with Gasteiger partial charge < -0.3 is 9.26 Å². The van der Waals surface area contributed by atoms with Gasteiger partial charge in [-0.15, -0.1) is 0 Å². The van der Waals surface area contributed by atoms with E-state index in [1.165, 1.54) is 25.3 Å². The molecule has 0 aliphatic heterocycles. The third kappa shape index (κ3) is 4.07. The van der Waals surface area contributed by atoms with Crippen LogP contribution in [-0.2, 0) is 16.2 Å². The first-order chi connectivity index (χ1) is 13.4. The predicted molar refractivity (Wildman–Crippen MR) is 95.3 cm³/mol. The second kappa shape index (κ2) is 7.32. The molecule has 3 rings (SSSR count). The Morgan fingerprint density at radius 2 is 1.79 bits per heavy atom. The average molecular weight is 451 g/mol. The zero-order valence-corrected chi connectivity index (χ0v) is 16.0. The van der Waals surface area contributed by atoms with Gasteiger partial charge in [-0.1, -0.05) is 22.8 Å². The fraction of sp³-hybridized carbons (Fsp3) is 0.118. The third-order valence-corrected chi connectivity index (χ3v) is 5.14. The molecule has 0 atom stereocenters. The molecular weight excluding hydrogens is 440 g/mol. The van der Waals surface area contributed by atoms with E-state index in [0.717, 1.165) is 12.1 Å². The van der Waals surface area contributed by atoms with Crippen molar-refractivity contribution in [2.24, 2.45) is 5.14 Å². The number of hydrogen-bond donors (Lipinski definition) is 1. The Hall–Kier alpha value is -2.63. The normalized spacial score (nSPS) is 12.2. The number of halogens is 5. The van der Waals surface area contributed by atoms with Crippen molar-refractivity contribution in [2.45, 2.75) is 11.1 Å². The second-order valence-corrected chi connectivity index (χ2v) is 7.71. The van der Waals surface area contributed by atoms with Crippen LogP contribution in [0.3, 0.4) is 0 Å². The van der Waals surface area contributed by atoms with Gasteiger partial charge in [0.1, 0.15) is 22.2 Å². The van der Waals surface area contributed by atoms with Gasteiger partial charge in [-0.2, -0.15) is 13.2 Å². The van der Waals surface area contributed by atoms with Crippen molar-refractivity contribution >= 4 is 21.6 Å². The summed E-state index contributed by atoms with van der Waals surface area (Å²) in [5.74, 6) is -2.53. The maximum Gasteiger partial charge on any atom is 0.453 e. The lowest BCUT2D eigenvalue weighted by Gasteiger charge is -2.10. The van der Waals surface area contributed by atoms with Crippen LogP contribution in [0.2, 0.25) is 5.02 Å². The summed E-state index contributed by atoms with van der Waals surface area (Å²) in [5.41, 5.74) is -1.03. The van der Waals surface area contributed by atoms with Crippen LogP contribution in [0.15, 0.2) is 45.8 Å². The quantitative estimate of drug-likeness (QED) is 0.591. The van der Waals surface area contributed by atoms with Gasteiger partial charge in [0.05, 0.1) is 17.7 Å². The van der Waals surface area contributed by atoms with Crippen LogP contribution in [-0.4, -0.2) is 20.7 Å². The highest BCUT2D eigenvalue weighted by atomic mass is 35.5. The highest BCUT2D eigenvalue weighted by molar-refractivity contribution is 7.89. The lowest BCUT2D eigenvalue weighted by atomic mass is 9.98. The minimum absolute atomic E-state index is 0.100. The predicted octanol–water partition coefficient (Wildman–Crippen LogP) is 4.48. The van der Waals surface area contributed by atoms with Crippen molar-refractivity contribution in [1.82, 2.24) is 5.16 Å². The van der Waals surface area contributed by atoms with E-state index in [1.54, 1.807) is 0 Å². The summed E-state index contributed by atoms with van der Waals surface area (Å²) in [6.45, 7) is 0. The molecule has 3 aromatic rings. The Morgan fingerprint density at radius 1 is 1.14 bits per heavy atom. The monoisotopic (exact) mass is 450 g/mol. The molecule has 0 unspecified atom stereocenters. The summed E-state index contributed by atoms with van der Waals surface area (Å²) in [4.78, 5) is -0.861. The number of ether oxygens (including phenoxy) is 1. The fourth-order valence-electron chi connectivity index (χ4n) is 2.65. The molecule has 0 fully saturated rings. The molecule has 0 amide bonds. The van der Waals surface area contributed by atoms with Gasteiger partial charge in [0.15, 0.2) is 0 Å². The Kier molecular flexibility index (Phi) is 5.32. The molecule has 0 aliphatic carbocycles. The molecular formula is C17H11ClF4N2O4S. The van der Waals surface area contributed by atoms with Gasteiger partial charge in [-0.25, -0.2) is 17.9 Å². The maximum absolute atomic E-state index is 14.2. The zero-order chi connectivity index (χ0) is 21.6. The van der Waals surface area contributed by atoms with E-state index >= 15 is 0 Å². The Balaban J connectivity index is 2.26. The smallest absolute Gasteiger partial charge is 0.453 e. The largest absolute Gasteiger partial charge is 0.495 e. The standard InChI is InChI=1S/C17H11ClF4N2O4S/c1-27-12-4-2-9(6-10(12)18)15-14(16(28-24-15)17(20,21)22)8-3-5-13(11(19)7-8)29(23,25)26/h2-7H,1H3,(H2,23,25,26). The summed E-state index contributed by atoms with van der Waals surface area (Å²) < 4.78 is 86.8. The van der Waals surface area contributed by atoms with Crippen LogP contribution < -0.4 is 9.88 Å². The minimum Gasteiger partial charge on any atom is -0.495 e. The summed E-state index contributed by atoms with van der Waals surface area (Å²) in [7, 11) is -3.04. The fourth-order valence-corrected chi connectivity index (χ4v) is 3.50. The van der Waals surface area contributed by atoms with Gasteiger partial charge in [0.2, 0.25) is 15.8 Å². The highest BCUT2D eigenvalue weighted by Gasteiger charge is 2.41. The van der Waals surface area contributed by atoms with Crippen molar-refractivity contribution < 1.29 is 35.2 Å². The Bertz CT molecular complexity index is 1190. The van der Waals surface area contributed by atoms with Crippen LogP contribution in [0.4, 0.5) is 17.6 Å². The first-order valence-electron chi connectivity index (χ1n) is 7.67. The molecule has 0 aliphatic rings. The molecule has 0 spiro atoms. The number of methoxy groups -OCH3 is 1. The highest BCUT2D eigenvalue weighted by Crippen LogP contribution is 2.44. The van der Waals surface area contributed by atoms with Crippen LogP contribution >= 0.6 is 11.6 Å². The number of primary sulfonamides is 1. The van der Waals surface area contributed by atoms with E-state index in [1.807, 2.05) is 0 Å². The number of hydrogen-bond acceptors (Lipinski definition) is 5. The van der Waals surface area contributed by atoms with Gasteiger partial charge >= 0.3 is 6.18 Å². The first kappa shape index (κ1) is 21.1. The molecule has 1 aromatic heterocycles. The number of alkyl halides is 3. The molecule has 2 aromatic carbocycles. The number of nitrogens with zero attached hydrogens (tertiary/aromatic N) is 1. The van der Waals surface area contributed by atoms with E-state index in [-0.39, 0.29) is 27.6 Å². The van der Waals surface area contributed by atoms with E-state index in [9.17, 15) is 26.0 Å². The van der Waals surface area contributed by atoms with Crippen LogP contribution in [0.5, 0.6) is 5.75 Å². The molecule has 154 valence electrons. The number of sulfonamides is 1. The molecule has 6 nitrogen and oxygen atoms in total. The SMILES string of the molecule is COc1ccc(-c2noc(C(F)(F)F)c2-c2ccc(S(N)(=O)=O)c(F)c2)cc1Cl. The topological polar surface area (TPSA) is 95.4 Å². The lowest BCUT2D eigenvalue weighted by Crippen LogP contribution is -2.14. The molecule has 0 saturated heterocycles. The number of nitrogens with two attached hydrogens (primary N) is 1. The van der Waals surface area contributed by atoms with Crippen molar-refractivity contribution in [3.8, 4) is 28.1 Å². The molecule has 0 saturated carbocycles. The summed E-state index contributed by atoms with van der Waals surface area (Å²) in [6, 6.07) is 6.44. The Morgan fingerprint density at radius 3 is 2.31 bits per heavy atom. The molecule has 2 N–H and O–H groups in total. The van der Waals surface area contributed by atoms with Crippen LogP contribution in [0, 0.1) is 5.82 Å². The van der Waals surface area contributed by atoms with E-state index in [4.69, 9.17) is 21.5 Å². The van der Waals surface area contributed by atoms with Gasteiger partial charge in [0, 0.05) is 5.56 Å². The summed E-state index contributed by atoms with van der Waals surface area (Å²) >= 11 is 6.02. The van der Waals surface area contributed by atoms with Crippen molar-refractivity contribution in [3.05, 3.63) is 53.0 Å². The average Bonchev–Trinajstić information content (AvgIpc) is 3.05. The molecule has 0 radical (unpaired) electrons. The number of rotatable bonds is 4. The van der Waals surface area contributed by atoms with E-state index in [2.05, 4.69) is 9.68 Å². The number of benzene rings is 2. The first-order valence-corrected chi connectivity index (χ1v) is 9.59. The van der Waals surface area contributed by atoms with Crippen molar-refractivity contribution in [2.75, 3.05) is 7.11 Å². The van der Waals surface area contributed by atoms with Crippen molar-refractivity contribution in [3.63, 3.8) is 0 Å². The van der Waals surface area contributed by atoms with Crippen LogP contribution in [0.25, 0.3) is 22.4 Å². The molecule has 12 heteroatoms. The van der Waals surface area contributed by atoms with E-state index in [0.29, 0.717) is 6.07 Å². The third-order valence-electron chi connectivity index (χ3n) is 3.90. The van der Waals surface area contributed by atoms with Gasteiger partial charge in [-0.3, -0.25) is 0 Å². The minimum atomic E-state index is -4.95. The Labute approximate surface area is 166 Å². The summed E-state index contributed by atoms with van der Waals surface area (Å²) in [5, 5.41) is 8.45. The van der Waals surface area contributed by atoms with Gasteiger partial charge in [-0.05, 0) is 35.9 Å². The molecule has 1 heterocycles. The van der Waals surface area contributed by atoms with Crippen LogP contribution in [0.1, 0.15) is 5.76 Å². The zero-order valence-electron chi connectivity index (χ0n) is 14.4. The summed E-state index contributed by atoms with van der Waals surface area (Å²) in [6.07, 6.45) is -4.95. The number of aromatic nitrogens is 1. The van der Waals surface area contributed by atoms with E-state index < -0.39 is 38.2 Å². The lowest BCUT2D eigenvalue weighted by molar-refractivity contribution is -0.154. The van der Waals surface area contributed by atoms with Crippen molar-refractivity contribution in [1.29, 1.82) is 0 Å².